The van der Waals surface area contributed by atoms with Crippen LogP contribution in [0.1, 0.15) is 44.5 Å². The lowest BCUT2D eigenvalue weighted by Gasteiger charge is -2.40. The molecular weight excluding hydrogens is 1290 g/mol. The molecule has 0 radical (unpaired) electrons. The molecule has 1 atom stereocenters. The Morgan fingerprint density at radius 2 is 0.396 bits per heavy atom. The fourth-order valence-electron chi connectivity index (χ4n) is 18.4. The fraction of sp³-hybridized carbons (Fsp3) is 0.0200. The van der Waals surface area contributed by atoms with Crippen LogP contribution in [0.2, 0.25) is 0 Å². The van der Waals surface area contributed by atoms with E-state index in [0.29, 0.717) is 34.9 Å². The van der Waals surface area contributed by atoms with Gasteiger partial charge in [0.2, 0.25) is 0 Å². The molecule has 2 aromatic heterocycles. The smallest absolute Gasteiger partial charge is 0.164 e. The molecule has 6 nitrogen and oxygen atoms in total. The van der Waals surface area contributed by atoms with Crippen molar-refractivity contribution in [3.63, 3.8) is 0 Å². The SMILES string of the molecule is c1ccc(-c2nc(-c3ccccc3)nc(-c3ccc(-c4ccc5c6c(cccc46)C4(c6ccccc6-c6cc(-c7cccc(-c8nc(-c9ccccc9)nc(-c9ccc(-c%10ccc%11c%12c(cccc%10%12)C%10(c%12ccccc%12-c%12ccccc%12%10)c%10ccccc%10-%11)cc9)n8)c7)ccc64)c4ccccc4-5)cc3)n2)cc1. The molecule has 0 saturated carbocycles. The van der Waals surface area contributed by atoms with Gasteiger partial charge in [-0.05, 0) is 156 Å². The second-order valence-corrected chi connectivity index (χ2v) is 28.2. The fourth-order valence-corrected chi connectivity index (χ4v) is 18.4. The van der Waals surface area contributed by atoms with Gasteiger partial charge in [0.25, 0.3) is 0 Å². The molecule has 2 heterocycles. The average Bonchev–Trinajstić information content (AvgIpc) is 1.45. The van der Waals surface area contributed by atoms with Gasteiger partial charge >= 0.3 is 0 Å². The van der Waals surface area contributed by atoms with Crippen LogP contribution >= 0.6 is 0 Å². The van der Waals surface area contributed by atoms with Crippen LogP contribution in [0.3, 0.4) is 0 Å². The molecule has 0 amide bonds. The zero-order valence-corrected chi connectivity index (χ0v) is 57.3. The van der Waals surface area contributed by atoms with Crippen LogP contribution in [0.4, 0.5) is 0 Å². The van der Waals surface area contributed by atoms with Gasteiger partial charge in [-0.1, -0.05) is 352 Å². The summed E-state index contributed by atoms with van der Waals surface area (Å²) in [5.41, 5.74) is 31.7. The first kappa shape index (κ1) is 59.7. The molecule has 2 spiro atoms. The summed E-state index contributed by atoms with van der Waals surface area (Å²) < 4.78 is 0. The predicted molar refractivity (Wildman–Crippen MR) is 430 cm³/mol. The second-order valence-electron chi connectivity index (χ2n) is 28.2. The predicted octanol–water partition coefficient (Wildman–Crippen LogP) is 24.1. The highest BCUT2D eigenvalue weighted by atomic mass is 15.0. The third kappa shape index (κ3) is 8.73. The highest BCUT2D eigenvalue weighted by molar-refractivity contribution is 6.14. The van der Waals surface area contributed by atoms with E-state index < -0.39 is 10.8 Å². The highest BCUT2D eigenvalue weighted by Gasteiger charge is 2.52. The van der Waals surface area contributed by atoms with Gasteiger partial charge in [0.1, 0.15) is 0 Å². The minimum Gasteiger partial charge on any atom is -0.208 e. The Bertz CT molecular complexity index is 6580. The molecule has 490 valence electrons. The number of hydrogen-bond acceptors (Lipinski definition) is 6. The first-order valence-electron chi connectivity index (χ1n) is 36.3. The standard InChI is InChI=1S/C100H60N6/c1-4-23-63(24-5-1)93-101-94(64-25-6-2-7-26-64)103-96(102-93)66-49-45-61(46-50-66)72-55-57-81-76-34-13-18-41-86(76)100(90-44-22-37-79(72)92(81)90)87-42-19-14-35-77(87)82-60-69(53-58-88(82)100)68-29-20-30-70(59-68)98-105-95(65-27-8-3-9-28-65)104-97(106-98)67-51-47-62(48-52-67)71-54-56-80-75-33-12-17-40-85(75)99(89-43-21-36-78(71)91(80)89)83-38-15-10-31-73(83)74-32-11-16-39-84(74)99/h1-60H. The van der Waals surface area contributed by atoms with Gasteiger partial charge in [0, 0.05) is 33.4 Å². The molecule has 106 heavy (non-hydrogen) atoms. The molecule has 16 aromatic carbocycles. The lowest BCUT2D eigenvalue weighted by Crippen LogP contribution is -2.31. The summed E-state index contributed by atoms with van der Waals surface area (Å²) in [6.07, 6.45) is 0. The van der Waals surface area contributed by atoms with E-state index >= 15 is 0 Å². The maximum absolute atomic E-state index is 5.37. The zero-order valence-electron chi connectivity index (χ0n) is 57.3. The Labute approximate surface area is 613 Å². The van der Waals surface area contributed by atoms with Gasteiger partial charge in [-0.25, -0.2) is 29.9 Å². The van der Waals surface area contributed by atoms with Crippen molar-refractivity contribution >= 4 is 21.5 Å². The van der Waals surface area contributed by atoms with Crippen LogP contribution in [0.5, 0.6) is 0 Å². The van der Waals surface area contributed by atoms with E-state index in [4.69, 9.17) is 29.9 Å². The lowest BCUT2D eigenvalue weighted by atomic mass is 9.61. The first-order chi connectivity index (χ1) is 52.5. The topological polar surface area (TPSA) is 77.3 Å². The van der Waals surface area contributed by atoms with E-state index in [9.17, 15) is 0 Å². The van der Waals surface area contributed by atoms with E-state index in [2.05, 4.69) is 285 Å². The third-order valence-corrected chi connectivity index (χ3v) is 22.9. The molecule has 1 unspecified atom stereocenters. The molecule has 4 aliphatic rings. The largest absolute Gasteiger partial charge is 0.208 e. The highest BCUT2D eigenvalue weighted by Crippen LogP contribution is 2.65. The maximum Gasteiger partial charge on any atom is 0.164 e. The molecule has 0 bridgehead atoms. The quantitative estimate of drug-likeness (QED) is 0.143. The number of hydrogen-bond donors (Lipinski definition) is 0. The number of fused-ring (bicyclic) bond motifs is 18. The van der Waals surface area contributed by atoms with Gasteiger partial charge < -0.3 is 0 Å². The van der Waals surface area contributed by atoms with Gasteiger partial charge in [0.05, 0.1) is 10.8 Å². The van der Waals surface area contributed by atoms with Gasteiger partial charge in [-0.2, -0.15) is 0 Å². The van der Waals surface area contributed by atoms with Crippen molar-refractivity contribution in [2.45, 2.75) is 10.8 Å². The minimum atomic E-state index is -0.613. The Hall–Kier alpha value is -13.9. The molecular formula is C100H60N6. The molecule has 0 N–H and O–H groups in total. The molecule has 0 fully saturated rings. The molecule has 6 heteroatoms. The normalized spacial score (nSPS) is 14.2. The summed E-state index contributed by atoms with van der Waals surface area (Å²) in [7, 11) is 0. The summed E-state index contributed by atoms with van der Waals surface area (Å²) in [5.74, 6) is 3.73. The monoisotopic (exact) mass is 1340 g/mol. The van der Waals surface area contributed by atoms with Gasteiger partial charge in [-0.3, -0.25) is 0 Å². The van der Waals surface area contributed by atoms with Crippen LogP contribution in [0, 0.1) is 0 Å². The van der Waals surface area contributed by atoms with E-state index in [0.717, 1.165) is 61.2 Å². The number of aromatic nitrogens is 6. The van der Waals surface area contributed by atoms with E-state index in [1.54, 1.807) is 0 Å². The first-order valence-corrected chi connectivity index (χ1v) is 36.3. The van der Waals surface area contributed by atoms with Gasteiger partial charge in [-0.15, -0.1) is 0 Å². The molecule has 0 aliphatic heterocycles. The van der Waals surface area contributed by atoms with Crippen molar-refractivity contribution in [1.82, 2.24) is 29.9 Å². The van der Waals surface area contributed by atoms with Crippen LogP contribution in [-0.4, -0.2) is 29.9 Å². The van der Waals surface area contributed by atoms with Crippen LogP contribution in [-0.2, 0) is 10.8 Å². The van der Waals surface area contributed by atoms with Crippen molar-refractivity contribution in [2.24, 2.45) is 0 Å². The summed E-state index contributed by atoms with van der Waals surface area (Å²) >= 11 is 0. The van der Waals surface area contributed by atoms with Crippen molar-refractivity contribution in [1.29, 1.82) is 0 Å². The Kier molecular flexibility index (Phi) is 13.1. The van der Waals surface area contributed by atoms with E-state index in [1.165, 1.54) is 116 Å². The van der Waals surface area contributed by atoms with Crippen LogP contribution < -0.4 is 0 Å². The zero-order chi connectivity index (χ0) is 69.6. The minimum absolute atomic E-state index is 0.470. The molecule has 22 rings (SSSR count). The molecule has 4 aliphatic carbocycles. The molecule has 18 aromatic rings. The van der Waals surface area contributed by atoms with Gasteiger partial charge in [0.15, 0.2) is 34.9 Å². The Morgan fingerprint density at radius 3 is 0.792 bits per heavy atom. The van der Waals surface area contributed by atoms with Crippen molar-refractivity contribution in [2.75, 3.05) is 0 Å². The Balaban J connectivity index is 0.625. The summed E-state index contributed by atoms with van der Waals surface area (Å²) in [4.78, 5) is 31.0. The van der Waals surface area contributed by atoms with E-state index in [-0.39, 0.29) is 0 Å². The number of nitrogens with zero attached hydrogens (tertiary/aromatic N) is 6. The van der Waals surface area contributed by atoms with Crippen molar-refractivity contribution < 1.29 is 0 Å². The summed E-state index contributed by atoms with van der Waals surface area (Å²) in [6, 6.07) is 132. The van der Waals surface area contributed by atoms with Crippen molar-refractivity contribution in [3.05, 3.63) is 408 Å². The lowest BCUT2D eigenvalue weighted by molar-refractivity contribution is 0.773. The number of rotatable bonds is 9. The van der Waals surface area contributed by atoms with Crippen molar-refractivity contribution in [3.8, 4) is 146 Å². The second kappa shape index (κ2) is 23.3. The summed E-state index contributed by atoms with van der Waals surface area (Å²) in [6.45, 7) is 0. The molecule has 0 saturated heterocycles. The average molecular weight is 1350 g/mol. The summed E-state index contributed by atoms with van der Waals surface area (Å²) in [5, 5.41) is 4.99. The van der Waals surface area contributed by atoms with Crippen LogP contribution in [0.25, 0.3) is 168 Å². The third-order valence-electron chi connectivity index (χ3n) is 22.9. The van der Waals surface area contributed by atoms with E-state index in [1.807, 2.05) is 78.9 Å². The van der Waals surface area contributed by atoms with Crippen LogP contribution in [0.15, 0.2) is 364 Å². The maximum atomic E-state index is 5.37. The number of benzene rings is 16. The Morgan fingerprint density at radius 1 is 0.142 bits per heavy atom.